The normalized spacial score (nSPS) is 15.5. The van der Waals surface area contributed by atoms with E-state index in [9.17, 15) is 14.4 Å². The van der Waals surface area contributed by atoms with Gasteiger partial charge in [-0.25, -0.2) is 0 Å². The second kappa shape index (κ2) is 13.1. The summed E-state index contributed by atoms with van der Waals surface area (Å²) in [5, 5.41) is 1.26. The van der Waals surface area contributed by atoms with Gasteiger partial charge in [-0.15, -0.1) is 0 Å². The quantitative estimate of drug-likeness (QED) is 0.207. The molecule has 3 heterocycles. The number of halogens is 3. The predicted molar refractivity (Wildman–Crippen MR) is 166 cm³/mol. The third kappa shape index (κ3) is 6.66. The van der Waals surface area contributed by atoms with E-state index < -0.39 is 11.8 Å². The molecule has 44 heavy (non-hydrogen) atoms. The van der Waals surface area contributed by atoms with E-state index in [-0.39, 0.29) is 60.7 Å². The second-order valence-corrected chi connectivity index (χ2v) is 11.9. The lowest BCUT2D eigenvalue weighted by molar-refractivity contribution is -0.133. The minimum absolute atomic E-state index is 0.0816. The van der Waals surface area contributed by atoms with Gasteiger partial charge in [0.05, 0.1) is 40.4 Å². The Kier molecular flexibility index (Phi) is 9.00. The predicted octanol–water partition coefficient (Wildman–Crippen LogP) is 6.33. The first-order valence-electron chi connectivity index (χ1n) is 14.0. The SMILES string of the molecule is O=C(CN(C[C@@H]1CCCO1)C(=O)c1ccc(Cl)cc1Cl)N(Cc1ccc2c(c1)OCO2)Cc1coc2ccc(Cl)cc2c1=O. The molecular formula is C32H27Cl3N2O7. The molecule has 2 amide bonds. The largest absolute Gasteiger partial charge is 0.464 e. The summed E-state index contributed by atoms with van der Waals surface area (Å²) >= 11 is 18.6. The Bertz CT molecular complexity index is 1790. The van der Waals surface area contributed by atoms with Gasteiger partial charge >= 0.3 is 0 Å². The van der Waals surface area contributed by atoms with Crippen LogP contribution in [0.5, 0.6) is 11.5 Å². The van der Waals surface area contributed by atoms with Crippen LogP contribution in [0.4, 0.5) is 0 Å². The van der Waals surface area contributed by atoms with E-state index in [4.69, 9.17) is 53.4 Å². The molecule has 1 fully saturated rings. The number of nitrogens with zero attached hydrogens (tertiary/aromatic N) is 2. The third-order valence-corrected chi connectivity index (χ3v) is 8.34. The summed E-state index contributed by atoms with van der Waals surface area (Å²) in [6.07, 6.45) is 2.74. The zero-order chi connectivity index (χ0) is 30.8. The number of rotatable bonds is 9. The van der Waals surface area contributed by atoms with Gasteiger partial charge in [-0.3, -0.25) is 14.4 Å². The van der Waals surface area contributed by atoms with Crippen molar-refractivity contribution in [2.75, 3.05) is 26.5 Å². The highest BCUT2D eigenvalue weighted by atomic mass is 35.5. The van der Waals surface area contributed by atoms with Gasteiger partial charge in [-0.05, 0) is 66.9 Å². The smallest absolute Gasteiger partial charge is 0.255 e. The average Bonchev–Trinajstić information content (AvgIpc) is 3.70. The summed E-state index contributed by atoms with van der Waals surface area (Å²) in [6, 6.07) is 14.8. The van der Waals surface area contributed by atoms with Crippen molar-refractivity contribution in [2.24, 2.45) is 0 Å². The lowest BCUT2D eigenvalue weighted by Gasteiger charge is -2.29. The Labute approximate surface area is 267 Å². The number of hydrogen-bond donors (Lipinski definition) is 0. The van der Waals surface area contributed by atoms with Crippen LogP contribution in [0.3, 0.4) is 0 Å². The molecule has 1 saturated heterocycles. The molecule has 0 saturated carbocycles. The van der Waals surface area contributed by atoms with Crippen LogP contribution in [-0.4, -0.2) is 54.2 Å². The second-order valence-electron chi connectivity index (χ2n) is 10.6. The van der Waals surface area contributed by atoms with Gasteiger partial charge in [-0.1, -0.05) is 40.9 Å². The molecule has 4 aromatic rings. The molecule has 2 aliphatic heterocycles. The van der Waals surface area contributed by atoms with Gasteiger partial charge in [0.2, 0.25) is 12.7 Å². The topological polar surface area (TPSA) is 98.5 Å². The van der Waals surface area contributed by atoms with Crippen LogP contribution in [0.1, 0.15) is 34.3 Å². The van der Waals surface area contributed by atoms with Gasteiger partial charge in [0.25, 0.3) is 5.91 Å². The summed E-state index contributed by atoms with van der Waals surface area (Å²) in [6.45, 7) is 0.634. The van der Waals surface area contributed by atoms with Crippen LogP contribution in [0.25, 0.3) is 11.0 Å². The highest BCUT2D eigenvalue weighted by Gasteiger charge is 2.29. The first-order chi connectivity index (χ1) is 21.2. The summed E-state index contributed by atoms with van der Waals surface area (Å²) in [4.78, 5) is 44.3. The molecule has 0 radical (unpaired) electrons. The molecule has 0 N–H and O–H groups in total. The van der Waals surface area contributed by atoms with Gasteiger partial charge in [-0.2, -0.15) is 0 Å². The van der Waals surface area contributed by atoms with Crippen LogP contribution < -0.4 is 14.9 Å². The van der Waals surface area contributed by atoms with E-state index in [1.165, 1.54) is 34.3 Å². The van der Waals surface area contributed by atoms with Gasteiger partial charge in [0, 0.05) is 29.7 Å². The summed E-state index contributed by atoms with van der Waals surface area (Å²) in [7, 11) is 0. The number of hydrogen-bond acceptors (Lipinski definition) is 7. The van der Waals surface area contributed by atoms with Crippen LogP contribution in [0.2, 0.25) is 15.1 Å². The summed E-state index contributed by atoms with van der Waals surface area (Å²) in [5.74, 6) is 0.331. The summed E-state index contributed by atoms with van der Waals surface area (Å²) < 4.78 is 22.5. The fourth-order valence-electron chi connectivity index (χ4n) is 5.30. The standard InChI is InChI=1S/C32H27Cl3N2O7/c33-21-5-8-27-25(11-21)31(39)20(17-42-27)14-36(13-19-3-7-28-29(10-19)44-18-43-28)30(38)16-37(15-23-2-1-9-41-23)32(40)24-6-4-22(34)12-26(24)35/h3-8,10-12,17,23H,1-2,9,13-16,18H2/t23-/m0/s1. The Morgan fingerprint density at radius 1 is 0.886 bits per heavy atom. The average molecular weight is 658 g/mol. The molecule has 0 spiro atoms. The molecule has 2 aliphatic rings. The Balaban J connectivity index is 1.32. The molecular weight excluding hydrogens is 631 g/mol. The molecule has 6 rings (SSSR count). The van der Waals surface area contributed by atoms with E-state index in [1.807, 2.05) is 6.07 Å². The van der Waals surface area contributed by atoms with E-state index in [1.54, 1.807) is 30.3 Å². The Morgan fingerprint density at radius 2 is 1.68 bits per heavy atom. The van der Waals surface area contributed by atoms with Crippen molar-refractivity contribution >= 4 is 57.6 Å². The van der Waals surface area contributed by atoms with E-state index in [0.29, 0.717) is 39.1 Å². The number of amides is 2. The van der Waals surface area contributed by atoms with Gasteiger partial charge in [0.1, 0.15) is 12.1 Å². The van der Waals surface area contributed by atoms with Crippen LogP contribution in [-0.2, 0) is 22.6 Å². The van der Waals surface area contributed by atoms with Crippen LogP contribution in [0, 0.1) is 0 Å². The molecule has 0 unspecified atom stereocenters. The number of ether oxygens (including phenoxy) is 3. The minimum Gasteiger partial charge on any atom is -0.464 e. The number of carbonyl (C=O) groups is 2. The van der Waals surface area contributed by atoms with Crippen molar-refractivity contribution in [3.8, 4) is 11.5 Å². The number of benzene rings is 3. The molecule has 228 valence electrons. The van der Waals surface area contributed by atoms with Crippen molar-refractivity contribution in [3.63, 3.8) is 0 Å². The fraction of sp³-hybridized carbons (Fsp3) is 0.281. The molecule has 0 aliphatic carbocycles. The van der Waals surface area contributed by atoms with Crippen molar-refractivity contribution in [3.05, 3.63) is 103 Å². The Morgan fingerprint density at radius 3 is 2.48 bits per heavy atom. The lowest BCUT2D eigenvalue weighted by Crippen LogP contribution is -2.45. The molecule has 1 aromatic heterocycles. The fourth-order valence-corrected chi connectivity index (χ4v) is 5.96. The lowest BCUT2D eigenvalue weighted by atomic mass is 10.1. The maximum atomic E-state index is 14.1. The molecule has 1 atom stereocenters. The monoisotopic (exact) mass is 656 g/mol. The zero-order valence-corrected chi connectivity index (χ0v) is 25.7. The van der Waals surface area contributed by atoms with E-state index >= 15 is 0 Å². The molecule has 12 heteroatoms. The Hall–Kier alpha value is -3.76. The highest BCUT2D eigenvalue weighted by Crippen LogP contribution is 2.33. The van der Waals surface area contributed by atoms with Crippen LogP contribution >= 0.6 is 34.8 Å². The zero-order valence-electron chi connectivity index (χ0n) is 23.4. The highest BCUT2D eigenvalue weighted by molar-refractivity contribution is 6.36. The minimum atomic E-state index is -0.432. The molecule has 0 bridgehead atoms. The van der Waals surface area contributed by atoms with E-state index in [0.717, 1.165) is 18.4 Å². The maximum absolute atomic E-state index is 14.1. The first kappa shape index (κ1) is 30.3. The molecule has 9 nitrogen and oxygen atoms in total. The van der Waals surface area contributed by atoms with E-state index in [2.05, 4.69) is 0 Å². The van der Waals surface area contributed by atoms with Gasteiger partial charge < -0.3 is 28.4 Å². The van der Waals surface area contributed by atoms with Crippen molar-refractivity contribution in [1.29, 1.82) is 0 Å². The number of carbonyl (C=O) groups excluding carboxylic acids is 2. The number of fused-ring (bicyclic) bond motifs is 2. The van der Waals surface area contributed by atoms with Crippen molar-refractivity contribution in [2.45, 2.75) is 32.0 Å². The van der Waals surface area contributed by atoms with Crippen molar-refractivity contribution < 1.29 is 28.2 Å². The van der Waals surface area contributed by atoms with Crippen LogP contribution in [0.15, 0.2) is 70.1 Å². The molecule has 3 aromatic carbocycles. The van der Waals surface area contributed by atoms with Crippen molar-refractivity contribution in [1.82, 2.24) is 9.80 Å². The summed E-state index contributed by atoms with van der Waals surface area (Å²) in [5.41, 5.74) is 1.29. The van der Waals surface area contributed by atoms with Gasteiger partial charge in [0.15, 0.2) is 16.9 Å². The first-order valence-corrected chi connectivity index (χ1v) is 15.1. The third-order valence-electron chi connectivity index (χ3n) is 7.55. The maximum Gasteiger partial charge on any atom is 0.255 e.